The van der Waals surface area contributed by atoms with Crippen LogP contribution in [-0.4, -0.2) is 30.1 Å². The third-order valence-corrected chi connectivity index (χ3v) is 8.10. The number of aromatic nitrogens is 3. The first-order chi connectivity index (χ1) is 19.7. The zero-order valence-corrected chi connectivity index (χ0v) is 23.4. The quantitative estimate of drug-likeness (QED) is 0.209. The van der Waals surface area contributed by atoms with Crippen molar-refractivity contribution in [3.63, 3.8) is 0 Å². The summed E-state index contributed by atoms with van der Waals surface area (Å²) in [7, 11) is -2.92. The molecule has 3 aromatic heterocycles. The van der Waals surface area contributed by atoms with Crippen molar-refractivity contribution >= 4 is 43.5 Å². The van der Waals surface area contributed by atoms with E-state index >= 15 is 0 Å². The van der Waals surface area contributed by atoms with Crippen LogP contribution in [0.4, 0.5) is 0 Å². The Kier molecular flexibility index (Phi) is 6.72. The number of pyridine rings is 2. The Morgan fingerprint density at radius 3 is 2.54 bits per heavy atom. The van der Waals surface area contributed by atoms with Crippen LogP contribution in [0.1, 0.15) is 11.5 Å². The van der Waals surface area contributed by atoms with E-state index in [4.69, 9.17) is 24.9 Å². The summed E-state index contributed by atoms with van der Waals surface area (Å²) in [6.07, 6.45) is 2.79. The van der Waals surface area contributed by atoms with Gasteiger partial charge in [0.2, 0.25) is 0 Å². The highest BCUT2D eigenvalue weighted by Gasteiger charge is 2.28. The number of ether oxygens (including phenoxy) is 1. The van der Waals surface area contributed by atoms with Crippen LogP contribution >= 0.6 is 11.6 Å². The molecule has 0 radical (unpaired) electrons. The summed E-state index contributed by atoms with van der Waals surface area (Å²) in [5.74, 6) is 0.757. The molecule has 0 amide bonds. The maximum atomic E-state index is 14.2. The second-order valence-corrected chi connectivity index (χ2v) is 11.2. The van der Waals surface area contributed by atoms with Crippen molar-refractivity contribution in [1.29, 1.82) is 0 Å². The Balaban J connectivity index is 1.61. The first-order valence-corrected chi connectivity index (χ1v) is 14.2. The molecule has 0 atom stereocenters. The van der Waals surface area contributed by atoms with E-state index in [0.717, 1.165) is 5.56 Å². The van der Waals surface area contributed by atoms with Crippen LogP contribution in [0.3, 0.4) is 0 Å². The summed E-state index contributed by atoms with van der Waals surface area (Å²) >= 11 is 6.39. The molecule has 0 saturated carbocycles. The summed E-state index contributed by atoms with van der Waals surface area (Å²) in [5.41, 5.74) is 0.991. The molecule has 0 aliphatic heterocycles. The number of benzene rings is 3. The Labute approximate surface area is 239 Å². The van der Waals surface area contributed by atoms with E-state index < -0.39 is 15.7 Å². The van der Waals surface area contributed by atoms with Gasteiger partial charge in [0.05, 0.1) is 24.7 Å². The second-order valence-electron chi connectivity index (χ2n) is 9.23. The van der Waals surface area contributed by atoms with Crippen molar-refractivity contribution in [3.05, 3.63) is 112 Å². The molecular weight excluding hydrogens is 566 g/mol. The monoisotopic (exact) mass is 587 g/mol. The molecule has 3 heterocycles. The number of fused-ring (bicyclic) bond motifs is 2. The number of rotatable bonds is 7. The minimum absolute atomic E-state index is 0.0816. The van der Waals surface area contributed by atoms with E-state index in [1.54, 1.807) is 68.6 Å². The zero-order valence-electron chi connectivity index (χ0n) is 21.9. The molecular formula is C30H22ClN3O6S. The molecule has 41 heavy (non-hydrogen) atoms. The smallest absolute Gasteiger partial charge is 0.341 e. The van der Waals surface area contributed by atoms with Crippen LogP contribution in [0.15, 0.2) is 99.4 Å². The predicted octanol–water partition coefficient (Wildman–Crippen LogP) is 5.99. The van der Waals surface area contributed by atoms with Gasteiger partial charge >= 0.3 is 10.1 Å². The summed E-state index contributed by atoms with van der Waals surface area (Å²) in [5, 5.41) is 1.24. The number of nitrogens with zero attached hydrogens (tertiary/aromatic N) is 3. The van der Waals surface area contributed by atoms with Gasteiger partial charge in [-0.3, -0.25) is 9.78 Å². The summed E-state index contributed by atoms with van der Waals surface area (Å²) < 4.78 is 45.7. The van der Waals surface area contributed by atoms with Gasteiger partial charge in [0, 0.05) is 28.9 Å². The first-order valence-electron chi connectivity index (χ1n) is 12.4. The van der Waals surface area contributed by atoms with Crippen molar-refractivity contribution < 1.29 is 21.8 Å². The van der Waals surface area contributed by atoms with Crippen LogP contribution in [0, 0.1) is 6.92 Å². The maximum absolute atomic E-state index is 14.2. The van der Waals surface area contributed by atoms with Crippen LogP contribution in [0.25, 0.3) is 33.1 Å². The van der Waals surface area contributed by atoms with Crippen molar-refractivity contribution in [1.82, 2.24) is 14.5 Å². The van der Waals surface area contributed by atoms with Crippen LogP contribution in [-0.2, 0) is 16.7 Å². The number of aryl methyl sites for hydroxylation is 1. The highest BCUT2D eigenvalue weighted by atomic mass is 35.5. The second kappa shape index (κ2) is 10.4. The molecule has 0 aliphatic rings. The van der Waals surface area contributed by atoms with E-state index in [-0.39, 0.29) is 34.0 Å². The number of oxazole rings is 1. The highest BCUT2D eigenvalue weighted by Crippen LogP contribution is 2.38. The van der Waals surface area contributed by atoms with Gasteiger partial charge in [0.15, 0.2) is 11.6 Å². The third kappa shape index (κ3) is 4.92. The average Bonchev–Trinajstić information content (AvgIpc) is 3.40. The molecule has 0 bridgehead atoms. The van der Waals surface area contributed by atoms with Gasteiger partial charge < -0.3 is 17.9 Å². The molecule has 0 N–H and O–H groups in total. The van der Waals surface area contributed by atoms with Gasteiger partial charge in [-0.05, 0) is 48.0 Å². The standard InChI is InChI=1S/C30H22ClN3O6S/c1-18-33-24(17-39-18)27-29(40-41(36,37)26-7-3-5-20-6-4-14-32-28(20)26)23-15-21(31)10-13-25(23)34(30(27)35)16-19-8-11-22(38-2)12-9-19/h3-15,17H,16H2,1-2H3. The fourth-order valence-electron chi connectivity index (χ4n) is 4.70. The van der Waals surface area contributed by atoms with Crippen LogP contribution < -0.4 is 14.5 Å². The number of hydrogen-bond donors (Lipinski definition) is 0. The Morgan fingerprint density at radius 1 is 1.02 bits per heavy atom. The molecule has 0 saturated heterocycles. The van der Waals surface area contributed by atoms with Gasteiger partial charge in [-0.1, -0.05) is 41.9 Å². The van der Waals surface area contributed by atoms with E-state index in [2.05, 4.69) is 9.97 Å². The normalized spacial score (nSPS) is 11.7. The lowest BCUT2D eigenvalue weighted by Crippen LogP contribution is -2.25. The largest absolute Gasteiger partial charge is 0.497 e. The summed E-state index contributed by atoms with van der Waals surface area (Å²) in [6.45, 7) is 1.79. The Morgan fingerprint density at radius 2 is 1.80 bits per heavy atom. The minimum Gasteiger partial charge on any atom is -0.497 e. The van der Waals surface area contributed by atoms with Gasteiger partial charge in [0.1, 0.15) is 28.2 Å². The lowest BCUT2D eigenvalue weighted by atomic mass is 10.1. The molecule has 0 unspecified atom stereocenters. The molecule has 6 rings (SSSR count). The predicted molar refractivity (Wildman–Crippen MR) is 155 cm³/mol. The molecule has 3 aromatic carbocycles. The molecule has 11 heteroatoms. The number of methoxy groups -OCH3 is 1. The molecule has 0 fully saturated rings. The van der Waals surface area contributed by atoms with Gasteiger partial charge in [-0.2, -0.15) is 8.42 Å². The van der Waals surface area contributed by atoms with Crippen molar-refractivity contribution in [2.75, 3.05) is 7.11 Å². The summed E-state index contributed by atoms with van der Waals surface area (Å²) in [6, 6.07) is 20.3. The lowest BCUT2D eigenvalue weighted by molar-refractivity contribution is 0.414. The van der Waals surface area contributed by atoms with Gasteiger partial charge in [0.25, 0.3) is 5.56 Å². The number of hydrogen-bond acceptors (Lipinski definition) is 8. The first kappa shape index (κ1) is 26.5. The molecule has 6 aromatic rings. The number of halogens is 1. The SMILES string of the molecule is COc1ccc(Cn2c(=O)c(-c3coc(C)n3)c(OS(=O)(=O)c3cccc4cccnc34)c3cc(Cl)ccc32)cc1. The molecule has 0 aliphatic carbocycles. The van der Waals surface area contributed by atoms with Crippen molar-refractivity contribution in [2.45, 2.75) is 18.4 Å². The van der Waals surface area contributed by atoms with E-state index in [1.165, 1.54) is 23.1 Å². The topological polar surface area (TPSA) is 114 Å². The van der Waals surface area contributed by atoms with E-state index in [0.29, 0.717) is 33.0 Å². The zero-order chi connectivity index (χ0) is 28.7. The third-order valence-electron chi connectivity index (χ3n) is 6.61. The fraction of sp³-hybridized carbons (Fsp3) is 0.100. The Bertz CT molecular complexity index is 2100. The van der Waals surface area contributed by atoms with Crippen molar-refractivity contribution in [3.8, 4) is 22.8 Å². The number of para-hydroxylation sites is 1. The van der Waals surface area contributed by atoms with Gasteiger partial charge in [-0.15, -0.1) is 0 Å². The molecule has 9 nitrogen and oxygen atoms in total. The highest BCUT2D eigenvalue weighted by molar-refractivity contribution is 7.87. The van der Waals surface area contributed by atoms with E-state index in [1.807, 2.05) is 12.1 Å². The summed E-state index contributed by atoms with van der Waals surface area (Å²) in [4.78, 5) is 22.7. The van der Waals surface area contributed by atoms with Crippen LogP contribution in [0.2, 0.25) is 5.02 Å². The van der Waals surface area contributed by atoms with Crippen LogP contribution in [0.5, 0.6) is 11.5 Å². The lowest BCUT2D eigenvalue weighted by Gasteiger charge is -2.18. The Hall–Kier alpha value is -4.67. The minimum atomic E-state index is -4.49. The average molecular weight is 588 g/mol. The fourth-order valence-corrected chi connectivity index (χ4v) is 6.00. The van der Waals surface area contributed by atoms with E-state index in [9.17, 15) is 13.2 Å². The molecule has 0 spiro atoms. The maximum Gasteiger partial charge on any atom is 0.341 e. The van der Waals surface area contributed by atoms with Crippen molar-refractivity contribution in [2.24, 2.45) is 0 Å². The van der Waals surface area contributed by atoms with Gasteiger partial charge in [-0.25, -0.2) is 4.98 Å². The molecule has 206 valence electrons.